The molecule has 1 amide bonds. The number of anilines is 1. The van der Waals surface area contributed by atoms with E-state index in [4.69, 9.17) is 17.3 Å². The van der Waals surface area contributed by atoms with Crippen molar-refractivity contribution < 1.29 is 9.18 Å². The first-order valence-electron chi connectivity index (χ1n) is 5.50. The van der Waals surface area contributed by atoms with E-state index < -0.39 is 11.7 Å². The quantitative estimate of drug-likeness (QED) is 0.891. The molecule has 6 nitrogen and oxygen atoms in total. The Morgan fingerprint density at radius 2 is 2.32 bits per heavy atom. The maximum atomic E-state index is 13.8. The van der Waals surface area contributed by atoms with Crippen molar-refractivity contribution in [2.45, 2.75) is 6.92 Å². The van der Waals surface area contributed by atoms with Gasteiger partial charge in [0.25, 0.3) is 5.91 Å². The summed E-state index contributed by atoms with van der Waals surface area (Å²) < 4.78 is 14.9. The first-order chi connectivity index (χ1) is 9.06. The molecule has 19 heavy (non-hydrogen) atoms. The molecule has 2 aromatic rings. The molecular weight excluding hydrogens is 273 g/mol. The van der Waals surface area contributed by atoms with Gasteiger partial charge in [0.15, 0.2) is 17.3 Å². The van der Waals surface area contributed by atoms with Crippen LogP contribution in [0.1, 0.15) is 17.4 Å². The van der Waals surface area contributed by atoms with E-state index in [2.05, 4.69) is 15.6 Å². The molecular formula is C11H11ClFN5O. The highest BCUT2D eigenvalue weighted by Gasteiger charge is 2.19. The van der Waals surface area contributed by atoms with Crippen molar-refractivity contribution in [1.29, 1.82) is 0 Å². The van der Waals surface area contributed by atoms with Crippen molar-refractivity contribution in [1.82, 2.24) is 20.3 Å². The van der Waals surface area contributed by atoms with E-state index in [0.717, 1.165) is 4.68 Å². The van der Waals surface area contributed by atoms with E-state index in [9.17, 15) is 9.18 Å². The van der Waals surface area contributed by atoms with Gasteiger partial charge in [-0.25, -0.2) is 4.39 Å². The molecule has 0 atom stereocenters. The Labute approximate surface area is 113 Å². The van der Waals surface area contributed by atoms with Gasteiger partial charge in [0.05, 0.1) is 5.02 Å². The number of rotatable bonds is 3. The summed E-state index contributed by atoms with van der Waals surface area (Å²) in [6.07, 6.45) is 0. The summed E-state index contributed by atoms with van der Waals surface area (Å²) in [6.45, 7) is 2.19. The molecule has 0 saturated carbocycles. The summed E-state index contributed by atoms with van der Waals surface area (Å²) in [6, 6.07) is 4.39. The zero-order valence-corrected chi connectivity index (χ0v) is 10.8. The van der Waals surface area contributed by atoms with Crippen molar-refractivity contribution >= 4 is 23.3 Å². The lowest BCUT2D eigenvalue weighted by atomic mass is 10.3. The van der Waals surface area contributed by atoms with Gasteiger partial charge in [-0.3, -0.25) is 4.79 Å². The van der Waals surface area contributed by atoms with Crippen LogP contribution in [0.15, 0.2) is 18.2 Å². The fourth-order valence-corrected chi connectivity index (χ4v) is 1.70. The van der Waals surface area contributed by atoms with Gasteiger partial charge in [-0.05, 0) is 19.1 Å². The Balaban J connectivity index is 2.48. The second kappa shape index (κ2) is 5.23. The van der Waals surface area contributed by atoms with Crippen molar-refractivity contribution in [3.63, 3.8) is 0 Å². The van der Waals surface area contributed by atoms with E-state index in [1.807, 2.05) is 0 Å². The molecule has 0 radical (unpaired) electrons. The number of carbonyl (C=O) groups is 1. The number of nitrogen functional groups attached to an aromatic ring is 1. The van der Waals surface area contributed by atoms with Crippen LogP contribution in [0.3, 0.4) is 0 Å². The van der Waals surface area contributed by atoms with E-state index in [1.54, 1.807) is 13.0 Å². The molecule has 3 N–H and O–H groups in total. The van der Waals surface area contributed by atoms with Crippen molar-refractivity contribution in [3.05, 3.63) is 34.7 Å². The summed E-state index contributed by atoms with van der Waals surface area (Å²) in [4.78, 5) is 11.6. The highest BCUT2D eigenvalue weighted by atomic mass is 35.5. The highest BCUT2D eigenvalue weighted by Crippen LogP contribution is 2.23. The van der Waals surface area contributed by atoms with Crippen LogP contribution < -0.4 is 11.1 Å². The lowest BCUT2D eigenvalue weighted by Gasteiger charge is -2.05. The number of aromatic nitrogens is 3. The Hall–Kier alpha value is -2.15. The molecule has 8 heteroatoms. The molecule has 100 valence electrons. The average molecular weight is 284 g/mol. The largest absolute Gasteiger partial charge is 0.382 e. The minimum atomic E-state index is -0.678. The molecule has 1 heterocycles. The normalized spacial score (nSPS) is 10.5. The first-order valence-corrected chi connectivity index (χ1v) is 5.87. The van der Waals surface area contributed by atoms with Gasteiger partial charge in [-0.2, -0.15) is 4.68 Å². The topological polar surface area (TPSA) is 85.8 Å². The van der Waals surface area contributed by atoms with Crippen LogP contribution in [0.25, 0.3) is 5.69 Å². The van der Waals surface area contributed by atoms with Gasteiger partial charge >= 0.3 is 0 Å². The summed E-state index contributed by atoms with van der Waals surface area (Å²) in [7, 11) is 0. The molecule has 1 aromatic carbocycles. The van der Waals surface area contributed by atoms with Crippen LogP contribution in [0.5, 0.6) is 0 Å². The maximum Gasteiger partial charge on any atom is 0.275 e. The highest BCUT2D eigenvalue weighted by molar-refractivity contribution is 6.30. The van der Waals surface area contributed by atoms with Gasteiger partial charge in [0.1, 0.15) is 5.69 Å². The van der Waals surface area contributed by atoms with Crippen molar-refractivity contribution in [3.8, 4) is 5.69 Å². The summed E-state index contributed by atoms with van der Waals surface area (Å²) in [5, 5.41) is 9.80. The number of hydrogen-bond donors (Lipinski definition) is 2. The lowest BCUT2D eigenvalue weighted by Crippen LogP contribution is -2.24. The molecule has 0 bridgehead atoms. The SMILES string of the molecule is CCNC(=O)c1nnn(-c2cccc(Cl)c2F)c1N. The minimum absolute atomic E-state index is 0.0352. The minimum Gasteiger partial charge on any atom is -0.382 e. The van der Waals surface area contributed by atoms with Crippen LogP contribution in [0.2, 0.25) is 5.02 Å². The Bertz CT molecular complexity index is 628. The van der Waals surface area contributed by atoms with Crippen LogP contribution in [0, 0.1) is 5.82 Å². The molecule has 0 spiro atoms. The second-order valence-electron chi connectivity index (χ2n) is 3.67. The standard InChI is InChI=1S/C11H11ClFN5O/c1-2-15-11(19)9-10(14)18(17-16-9)7-5-3-4-6(12)8(7)13/h3-5H,2,14H2,1H3,(H,15,19). The fraction of sp³-hybridized carbons (Fsp3) is 0.182. The Kier molecular flexibility index (Phi) is 3.66. The van der Waals surface area contributed by atoms with E-state index >= 15 is 0 Å². The number of halogens is 2. The molecule has 0 fully saturated rings. The lowest BCUT2D eigenvalue weighted by molar-refractivity contribution is 0.0951. The fourth-order valence-electron chi connectivity index (χ4n) is 1.53. The monoisotopic (exact) mass is 283 g/mol. The van der Waals surface area contributed by atoms with Gasteiger partial charge in [0, 0.05) is 6.54 Å². The zero-order valence-electron chi connectivity index (χ0n) is 10.0. The predicted octanol–water partition coefficient (Wildman–Crippen LogP) is 1.39. The Morgan fingerprint density at radius 1 is 1.58 bits per heavy atom. The number of benzene rings is 1. The van der Waals surface area contributed by atoms with Crippen LogP contribution in [0.4, 0.5) is 10.2 Å². The summed E-state index contributed by atoms with van der Waals surface area (Å²) in [5.74, 6) is -1.19. The predicted molar refractivity (Wildman–Crippen MR) is 68.7 cm³/mol. The summed E-state index contributed by atoms with van der Waals surface area (Å²) in [5.41, 5.74) is 5.73. The number of nitrogens with two attached hydrogens (primary N) is 1. The van der Waals surface area contributed by atoms with Crippen LogP contribution in [-0.4, -0.2) is 27.4 Å². The number of carbonyl (C=O) groups excluding carboxylic acids is 1. The molecule has 0 aliphatic carbocycles. The third-order valence-corrected chi connectivity index (χ3v) is 2.71. The number of amides is 1. The van der Waals surface area contributed by atoms with Gasteiger partial charge in [-0.15, -0.1) is 5.10 Å². The molecule has 0 saturated heterocycles. The smallest absolute Gasteiger partial charge is 0.275 e. The van der Waals surface area contributed by atoms with Crippen LogP contribution >= 0.6 is 11.6 Å². The van der Waals surface area contributed by atoms with Gasteiger partial charge < -0.3 is 11.1 Å². The third-order valence-electron chi connectivity index (χ3n) is 2.42. The zero-order chi connectivity index (χ0) is 14.0. The second-order valence-corrected chi connectivity index (χ2v) is 4.07. The molecule has 2 rings (SSSR count). The van der Waals surface area contributed by atoms with Crippen molar-refractivity contribution in [2.24, 2.45) is 0 Å². The van der Waals surface area contributed by atoms with Gasteiger partial charge in [-0.1, -0.05) is 22.9 Å². The number of nitrogens with zero attached hydrogens (tertiary/aromatic N) is 3. The summed E-state index contributed by atoms with van der Waals surface area (Å²) >= 11 is 5.68. The van der Waals surface area contributed by atoms with Crippen molar-refractivity contribution in [2.75, 3.05) is 12.3 Å². The first kappa shape index (κ1) is 13.3. The Morgan fingerprint density at radius 3 is 3.00 bits per heavy atom. The van der Waals surface area contributed by atoms with E-state index in [1.165, 1.54) is 12.1 Å². The van der Waals surface area contributed by atoms with E-state index in [0.29, 0.717) is 6.54 Å². The maximum absolute atomic E-state index is 13.8. The average Bonchev–Trinajstić information content (AvgIpc) is 2.75. The number of hydrogen-bond acceptors (Lipinski definition) is 4. The van der Waals surface area contributed by atoms with Crippen LogP contribution in [-0.2, 0) is 0 Å². The molecule has 0 aliphatic rings. The third kappa shape index (κ3) is 2.37. The van der Waals surface area contributed by atoms with Gasteiger partial charge in [0.2, 0.25) is 0 Å². The molecule has 1 aromatic heterocycles. The number of nitrogens with one attached hydrogen (secondary N) is 1. The molecule has 0 aliphatic heterocycles. The van der Waals surface area contributed by atoms with E-state index in [-0.39, 0.29) is 22.2 Å². The molecule has 0 unspecified atom stereocenters.